The topological polar surface area (TPSA) is 20.2 Å². The molecule has 0 heterocycles. The quantitative estimate of drug-likeness (QED) is 0.717. The lowest BCUT2D eigenvalue weighted by molar-refractivity contribution is 0.468. The maximum atomic E-state index is 13.4. The number of aromatic hydroxyl groups is 1. The highest BCUT2D eigenvalue weighted by Gasteiger charge is 2.04. The molecule has 0 atom stereocenters. The van der Waals surface area contributed by atoms with Gasteiger partial charge in [-0.25, -0.2) is 4.39 Å². The van der Waals surface area contributed by atoms with Crippen molar-refractivity contribution in [3.8, 4) is 5.75 Å². The molecule has 18 heavy (non-hydrogen) atoms. The molecule has 2 rings (SSSR count). The lowest BCUT2D eigenvalue weighted by Gasteiger charge is -2.02. The molecular weight excluding hydrogens is 363 g/mol. The van der Waals surface area contributed by atoms with Crippen molar-refractivity contribution in [2.75, 3.05) is 0 Å². The maximum absolute atomic E-state index is 13.4. The Morgan fingerprint density at radius 2 is 1.61 bits per heavy atom. The fourth-order valence-electron chi connectivity index (χ4n) is 1.48. The molecule has 0 aliphatic carbocycles. The van der Waals surface area contributed by atoms with E-state index in [1.165, 1.54) is 6.07 Å². The summed E-state index contributed by atoms with van der Waals surface area (Å²) in [7, 11) is 0. The van der Waals surface area contributed by atoms with E-state index >= 15 is 0 Å². The standard InChI is InChI=1S/C14H9Br2FO/c15-11-7-9(8-12(16)14(11)18)5-6-10-3-1-2-4-13(10)17/h1-8,18H/b6-5+. The lowest BCUT2D eigenvalue weighted by atomic mass is 10.1. The molecule has 0 amide bonds. The molecule has 0 fully saturated rings. The van der Waals surface area contributed by atoms with E-state index in [9.17, 15) is 9.50 Å². The van der Waals surface area contributed by atoms with E-state index < -0.39 is 0 Å². The molecule has 0 spiro atoms. The Labute approximate surface area is 121 Å². The molecule has 2 aromatic carbocycles. The average molecular weight is 372 g/mol. The first-order chi connectivity index (χ1) is 8.58. The van der Waals surface area contributed by atoms with Crippen LogP contribution < -0.4 is 0 Å². The monoisotopic (exact) mass is 370 g/mol. The largest absolute Gasteiger partial charge is 0.506 e. The molecule has 0 aliphatic rings. The molecule has 1 N–H and O–H groups in total. The third kappa shape index (κ3) is 3.00. The fourth-order valence-corrected chi connectivity index (χ4v) is 2.70. The van der Waals surface area contributed by atoms with E-state index in [4.69, 9.17) is 0 Å². The second kappa shape index (κ2) is 5.67. The van der Waals surface area contributed by atoms with Crippen LogP contribution in [-0.2, 0) is 0 Å². The van der Waals surface area contributed by atoms with Crippen LogP contribution in [0.5, 0.6) is 5.75 Å². The minimum Gasteiger partial charge on any atom is -0.506 e. The summed E-state index contributed by atoms with van der Waals surface area (Å²) in [6.45, 7) is 0. The summed E-state index contributed by atoms with van der Waals surface area (Å²) >= 11 is 6.50. The molecule has 4 heteroatoms. The van der Waals surface area contributed by atoms with E-state index in [0.717, 1.165) is 5.56 Å². The highest BCUT2D eigenvalue weighted by atomic mass is 79.9. The molecular formula is C14H9Br2FO. The number of hydrogen-bond donors (Lipinski definition) is 1. The molecule has 2 aromatic rings. The number of hydrogen-bond acceptors (Lipinski definition) is 1. The van der Waals surface area contributed by atoms with Gasteiger partial charge < -0.3 is 5.11 Å². The Morgan fingerprint density at radius 1 is 1.00 bits per heavy atom. The highest BCUT2D eigenvalue weighted by molar-refractivity contribution is 9.11. The highest BCUT2D eigenvalue weighted by Crippen LogP contribution is 2.33. The van der Waals surface area contributed by atoms with Crippen LogP contribution in [0.2, 0.25) is 0 Å². The van der Waals surface area contributed by atoms with Crippen molar-refractivity contribution in [3.05, 3.63) is 62.3 Å². The van der Waals surface area contributed by atoms with Gasteiger partial charge in [-0.05, 0) is 55.6 Å². The molecule has 0 bridgehead atoms. The first-order valence-corrected chi connectivity index (χ1v) is 6.77. The molecule has 0 aromatic heterocycles. The Bertz CT molecular complexity index is 585. The zero-order valence-corrected chi connectivity index (χ0v) is 12.4. The number of benzene rings is 2. The first kappa shape index (κ1) is 13.3. The van der Waals surface area contributed by atoms with Gasteiger partial charge >= 0.3 is 0 Å². The molecule has 1 nitrogen and oxygen atoms in total. The van der Waals surface area contributed by atoms with E-state index in [1.54, 1.807) is 42.5 Å². The number of phenols is 1. The summed E-state index contributed by atoms with van der Waals surface area (Å²) < 4.78 is 14.6. The Hall–Kier alpha value is -1.13. The minimum atomic E-state index is -0.259. The third-order valence-electron chi connectivity index (χ3n) is 2.40. The van der Waals surface area contributed by atoms with Gasteiger partial charge in [0.25, 0.3) is 0 Å². The van der Waals surface area contributed by atoms with Crippen molar-refractivity contribution in [2.24, 2.45) is 0 Å². The Balaban J connectivity index is 2.33. The van der Waals surface area contributed by atoms with Gasteiger partial charge in [0, 0.05) is 5.56 Å². The Morgan fingerprint density at radius 3 is 2.22 bits per heavy atom. The number of phenolic OH excluding ortho intramolecular Hbond substituents is 1. The summed E-state index contributed by atoms with van der Waals surface area (Å²) in [4.78, 5) is 0. The van der Waals surface area contributed by atoms with Crippen LogP contribution in [0.15, 0.2) is 45.3 Å². The SMILES string of the molecule is Oc1c(Br)cc(/C=C/c2ccccc2F)cc1Br. The minimum absolute atomic E-state index is 0.151. The summed E-state index contributed by atoms with van der Waals surface area (Å²) in [5.74, 6) is -0.108. The molecule has 92 valence electrons. The van der Waals surface area contributed by atoms with E-state index in [2.05, 4.69) is 31.9 Å². The van der Waals surface area contributed by atoms with Crippen LogP contribution in [0.1, 0.15) is 11.1 Å². The zero-order chi connectivity index (χ0) is 13.1. The van der Waals surface area contributed by atoms with Crippen molar-refractivity contribution >= 4 is 44.0 Å². The van der Waals surface area contributed by atoms with Gasteiger partial charge in [0.1, 0.15) is 11.6 Å². The molecule has 0 saturated heterocycles. The summed E-state index contributed by atoms with van der Waals surface area (Å²) in [5, 5.41) is 9.58. The molecule has 0 radical (unpaired) electrons. The van der Waals surface area contributed by atoms with Crippen LogP contribution in [-0.4, -0.2) is 5.11 Å². The second-order valence-electron chi connectivity index (χ2n) is 3.69. The smallest absolute Gasteiger partial charge is 0.143 e. The van der Waals surface area contributed by atoms with Crippen LogP contribution in [0.3, 0.4) is 0 Å². The molecule has 0 saturated carbocycles. The predicted molar refractivity (Wildman–Crippen MR) is 78.8 cm³/mol. The van der Waals surface area contributed by atoms with Crippen LogP contribution in [0, 0.1) is 5.82 Å². The van der Waals surface area contributed by atoms with Gasteiger partial charge in [-0.2, -0.15) is 0 Å². The van der Waals surface area contributed by atoms with Gasteiger partial charge in [-0.1, -0.05) is 30.4 Å². The van der Waals surface area contributed by atoms with Gasteiger partial charge in [0.2, 0.25) is 0 Å². The van der Waals surface area contributed by atoms with Crippen molar-refractivity contribution in [1.29, 1.82) is 0 Å². The normalized spacial score (nSPS) is 11.1. The number of rotatable bonds is 2. The second-order valence-corrected chi connectivity index (χ2v) is 5.40. The van der Waals surface area contributed by atoms with Crippen molar-refractivity contribution in [3.63, 3.8) is 0 Å². The Kier molecular flexibility index (Phi) is 4.19. The zero-order valence-electron chi connectivity index (χ0n) is 9.20. The average Bonchev–Trinajstić information content (AvgIpc) is 2.35. The van der Waals surface area contributed by atoms with Crippen molar-refractivity contribution < 1.29 is 9.50 Å². The maximum Gasteiger partial charge on any atom is 0.143 e. The van der Waals surface area contributed by atoms with Crippen LogP contribution >= 0.6 is 31.9 Å². The van der Waals surface area contributed by atoms with Crippen molar-refractivity contribution in [2.45, 2.75) is 0 Å². The summed E-state index contributed by atoms with van der Waals surface area (Å²) in [6.07, 6.45) is 3.48. The fraction of sp³-hybridized carbons (Fsp3) is 0. The first-order valence-electron chi connectivity index (χ1n) is 5.18. The van der Waals surface area contributed by atoms with Gasteiger partial charge in [-0.3, -0.25) is 0 Å². The van der Waals surface area contributed by atoms with Gasteiger partial charge in [0.05, 0.1) is 8.95 Å². The van der Waals surface area contributed by atoms with Crippen molar-refractivity contribution in [1.82, 2.24) is 0 Å². The van der Waals surface area contributed by atoms with E-state index in [0.29, 0.717) is 14.5 Å². The molecule has 0 aliphatic heterocycles. The van der Waals surface area contributed by atoms with Gasteiger partial charge in [0.15, 0.2) is 0 Å². The van der Waals surface area contributed by atoms with Crippen LogP contribution in [0.4, 0.5) is 4.39 Å². The van der Waals surface area contributed by atoms with E-state index in [-0.39, 0.29) is 11.6 Å². The lowest BCUT2D eigenvalue weighted by Crippen LogP contribution is -1.80. The van der Waals surface area contributed by atoms with Crippen LogP contribution in [0.25, 0.3) is 12.2 Å². The summed E-state index contributed by atoms with van der Waals surface area (Å²) in [5.41, 5.74) is 1.38. The van der Waals surface area contributed by atoms with Gasteiger partial charge in [-0.15, -0.1) is 0 Å². The summed E-state index contributed by atoms with van der Waals surface area (Å²) in [6, 6.07) is 10.1. The third-order valence-corrected chi connectivity index (χ3v) is 3.61. The van der Waals surface area contributed by atoms with E-state index in [1.807, 2.05) is 0 Å². The predicted octanol–water partition coefficient (Wildman–Crippen LogP) is 5.23. The molecule has 0 unspecified atom stereocenters. The number of halogens is 3.